The largest absolute Gasteiger partial charge is 0.356 e. The molecule has 3 rings (SSSR count). The number of nitrogens with zero attached hydrogens (tertiary/aromatic N) is 1. The van der Waals surface area contributed by atoms with E-state index in [1.54, 1.807) is 7.05 Å². The van der Waals surface area contributed by atoms with Crippen LogP contribution >= 0.6 is 0 Å². The van der Waals surface area contributed by atoms with E-state index in [4.69, 9.17) is 0 Å². The number of carbonyl (C=O) groups excluding carboxylic acids is 2. The molecule has 0 aromatic heterocycles. The van der Waals surface area contributed by atoms with Crippen molar-refractivity contribution < 1.29 is 9.59 Å². The summed E-state index contributed by atoms with van der Waals surface area (Å²) < 4.78 is 0. The number of aliphatic imine (C=N–C) groups is 1. The van der Waals surface area contributed by atoms with E-state index < -0.39 is 0 Å². The van der Waals surface area contributed by atoms with Crippen molar-refractivity contribution in [2.75, 3.05) is 25.5 Å². The predicted octanol–water partition coefficient (Wildman–Crippen LogP) is 1.59. The highest BCUT2D eigenvalue weighted by atomic mass is 16.2. The molecule has 2 aromatic rings. The second kappa shape index (κ2) is 9.55. The van der Waals surface area contributed by atoms with E-state index in [9.17, 15) is 9.59 Å². The van der Waals surface area contributed by atoms with E-state index in [2.05, 4.69) is 26.3 Å². The molecule has 0 saturated carbocycles. The van der Waals surface area contributed by atoms with Gasteiger partial charge in [-0.1, -0.05) is 48.5 Å². The van der Waals surface area contributed by atoms with Gasteiger partial charge in [-0.15, -0.1) is 0 Å². The molecule has 4 N–H and O–H groups in total. The van der Waals surface area contributed by atoms with Crippen molar-refractivity contribution in [3.8, 4) is 0 Å². The molecule has 1 aliphatic rings. The molecule has 1 atom stereocenters. The summed E-state index contributed by atoms with van der Waals surface area (Å²) in [5.41, 5.74) is 3.01. The first-order valence-electron chi connectivity index (χ1n) is 9.29. The van der Waals surface area contributed by atoms with Crippen LogP contribution in [0.2, 0.25) is 0 Å². The highest BCUT2D eigenvalue weighted by molar-refractivity contribution is 5.95. The minimum Gasteiger partial charge on any atom is -0.356 e. The van der Waals surface area contributed by atoms with Gasteiger partial charge in [0, 0.05) is 38.2 Å². The van der Waals surface area contributed by atoms with Gasteiger partial charge in [0.25, 0.3) is 0 Å². The fourth-order valence-electron chi connectivity index (χ4n) is 3.15. The quantitative estimate of drug-likeness (QED) is 0.453. The van der Waals surface area contributed by atoms with Crippen molar-refractivity contribution in [1.29, 1.82) is 0 Å². The third-order valence-corrected chi connectivity index (χ3v) is 4.59. The fraction of sp³-hybridized carbons (Fsp3) is 0.286. The maximum atomic E-state index is 12.0. The van der Waals surface area contributed by atoms with Gasteiger partial charge in [0.1, 0.15) is 0 Å². The lowest BCUT2D eigenvalue weighted by molar-refractivity contribution is -0.120. The number of carbonyl (C=O) groups is 2. The lowest BCUT2D eigenvalue weighted by Crippen LogP contribution is -2.44. The first kappa shape index (κ1) is 19.4. The van der Waals surface area contributed by atoms with E-state index in [-0.39, 0.29) is 24.3 Å². The van der Waals surface area contributed by atoms with E-state index in [0.29, 0.717) is 25.5 Å². The summed E-state index contributed by atoms with van der Waals surface area (Å²) in [6, 6.07) is 17.6. The van der Waals surface area contributed by atoms with Crippen LogP contribution in [0.1, 0.15) is 23.5 Å². The number of anilines is 1. The number of nitrogens with one attached hydrogen (secondary N) is 4. The standard InChI is InChI=1S/C21H25N5O2/c1-22-21(25-14-20(28)23-12-15-7-3-2-4-8-15)24-13-16-11-19(27)26-18-10-6-5-9-17(16)18/h2-10,16H,11-14H2,1H3,(H,23,28)(H,26,27)(H2,22,24,25). The Morgan fingerprint density at radius 1 is 1.07 bits per heavy atom. The highest BCUT2D eigenvalue weighted by Gasteiger charge is 2.24. The maximum Gasteiger partial charge on any atom is 0.239 e. The van der Waals surface area contributed by atoms with Crippen LogP contribution in [0.4, 0.5) is 5.69 Å². The molecule has 0 saturated heterocycles. The Kier molecular flexibility index (Phi) is 6.62. The first-order chi connectivity index (χ1) is 13.7. The van der Waals surface area contributed by atoms with Crippen LogP contribution in [-0.4, -0.2) is 37.9 Å². The monoisotopic (exact) mass is 379 g/mol. The molecule has 1 heterocycles. The van der Waals surface area contributed by atoms with E-state index >= 15 is 0 Å². The van der Waals surface area contributed by atoms with Gasteiger partial charge in [-0.05, 0) is 17.2 Å². The first-order valence-corrected chi connectivity index (χ1v) is 9.29. The number of rotatable bonds is 6. The van der Waals surface area contributed by atoms with E-state index in [0.717, 1.165) is 16.8 Å². The molecule has 0 aliphatic carbocycles. The van der Waals surface area contributed by atoms with Crippen LogP contribution in [0.25, 0.3) is 0 Å². The van der Waals surface area contributed by atoms with E-state index in [1.807, 2.05) is 54.6 Å². The van der Waals surface area contributed by atoms with Crippen molar-refractivity contribution in [2.45, 2.75) is 18.9 Å². The molecule has 7 nitrogen and oxygen atoms in total. The van der Waals surface area contributed by atoms with Crippen LogP contribution in [0.15, 0.2) is 59.6 Å². The lowest BCUT2D eigenvalue weighted by atomic mass is 9.90. The molecule has 1 unspecified atom stereocenters. The minimum absolute atomic E-state index is 0.00809. The molecule has 28 heavy (non-hydrogen) atoms. The predicted molar refractivity (Wildman–Crippen MR) is 110 cm³/mol. The molecule has 2 amide bonds. The minimum atomic E-state index is -0.116. The van der Waals surface area contributed by atoms with Crippen molar-refractivity contribution in [1.82, 2.24) is 16.0 Å². The number of hydrogen-bond acceptors (Lipinski definition) is 3. The number of amides is 2. The normalized spacial score (nSPS) is 16.0. The van der Waals surface area contributed by atoms with Crippen LogP contribution in [0.3, 0.4) is 0 Å². The van der Waals surface area contributed by atoms with Crippen LogP contribution in [0, 0.1) is 0 Å². The maximum absolute atomic E-state index is 12.0. The molecular weight excluding hydrogens is 354 g/mol. The molecule has 7 heteroatoms. The zero-order chi connectivity index (χ0) is 19.8. The summed E-state index contributed by atoms with van der Waals surface area (Å²) in [5.74, 6) is 0.469. The van der Waals surface area contributed by atoms with Crippen LogP contribution < -0.4 is 21.3 Å². The summed E-state index contributed by atoms with van der Waals surface area (Å²) in [4.78, 5) is 28.1. The Morgan fingerprint density at radius 2 is 1.82 bits per heavy atom. The van der Waals surface area contributed by atoms with Gasteiger partial charge in [0.15, 0.2) is 5.96 Å². The average molecular weight is 379 g/mol. The van der Waals surface area contributed by atoms with Gasteiger partial charge >= 0.3 is 0 Å². The summed E-state index contributed by atoms with van der Waals surface area (Å²) in [6.07, 6.45) is 0.415. The Bertz CT molecular complexity index is 851. The Morgan fingerprint density at radius 3 is 2.61 bits per heavy atom. The molecule has 2 aromatic carbocycles. The van der Waals surface area contributed by atoms with Gasteiger partial charge in [0.05, 0.1) is 6.54 Å². The zero-order valence-electron chi connectivity index (χ0n) is 15.9. The van der Waals surface area contributed by atoms with Crippen molar-refractivity contribution >= 4 is 23.5 Å². The number of benzene rings is 2. The van der Waals surface area contributed by atoms with Gasteiger partial charge < -0.3 is 21.3 Å². The van der Waals surface area contributed by atoms with Gasteiger partial charge in [0.2, 0.25) is 11.8 Å². The van der Waals surface area contributed by atoms with Crippen molar-refractivity contribution in [3.63, 3.8) is 0 Å². The summed E-state index contributed by atoms with van der Waals surface area (Å²) in [6.45, 7) is 1.16. The molecule has 0 bridgehead atoms. The summed E-state index contributed by atoms with van der Waals surface area (Å²) >= 11 is 0. The SMILES string of the molecule is CN=C(NCC(=O)NCc1ccccc1)NCC1CC(=O)Nc2ccccc21. The Labute approximate surface area is 164 Å². The van der Waals surface area contributed by atoms with Crippen molar-refractivity contribution in [2.24, 2.45) is 4.99 Å². The molecule has 1 aliphatic heterocycles. The fourth-order valence-corrected chi connectivity index (χ4v) is 3.15. The topological polar surface area (TPSA) is 94.6 Å². The summed E-state index contributed by atoms with van der Waals surface area (Å²) in [5, 5.41) is 12.0. The second-order valence-electron chi connectivity index (χ2n) is 6.61. The third-order valence-electron chi connectivity index (χ3n) is 4.59. The third kappa shape index (κ3) is 5.33. The van der Waals surface area contributed by atoms with E-state index in [1.165, 1.54) is 0 Å². The van der Waals surface area contributed by atoms with Gasteiger partial charge in [-0.2, -0.15) is 0 Å². The number of guanidine groups is 1. The Hall–Kier alpha value is -3.35. The molecular formula is C21H25N5O2. The number of para-hydroxylation sites is 1. The zero-order valence-corrected chi connectivity index (χ0v) is 15.9. The average Bonchev–Trinajstić information content (AvgIpc) is 2.72. The number of fused-ring (bicyclic) bond motifs is 1. The van der Waals surface area contributed by atoms with Crippen LogP contribution in [-0.2, 0) is 16.1 Å². The molecule has 0 radical (unpaired) electrons. The smallest absolute Gasteiger partial charge is 0.239 e. The van der Waals surface area contributed by atoms with Crippen molar-refractivity contribution in [3.05, 3.63) is 65.7 Å². The second-order valence-corrected chi connectivity index (χ2v) is 6.61. The Balaban J connectivity index is 1.46. The highest BCUT2D eigenvalue weighted by Crippen LogP contribution is 2.31. The molecule has 0 spiro atoms. The number of hydrogen-bond donors (Lipinski definition) is 4. The van der Waals surface area contributed by atoms with Gasteiger partial charge in [-0.3, -0.25) is 14.6 Å². The lowest BCUT2D eigenvalue weighted by Gasteiger charge is -2.26. The summed E-state index contributed by atoms with van der Waals surface area (Å²) in [7, 11) is 1.65. The van der Waals surface area contributed by atoms with Crippen LogP contribution in [0.5, 0.6) is 0 Å². The van der Waals surface area contributed by atoms with Gasteiger partial charge in [-0.25, -0.2) is 0 Å². The molecule has 0 fully saturated rings. The molecule has 146 valence electrons.